The van der Waals surface area contributed by atoms with Crippen LogP contribution < -0.4 is 0 Å². The van der Waals surface area contributed by atoms with Crippen molar-refractivity contribution in [3.8, 4) is 0 Å². The van der Waals surface area contributed by atoms with Gasteiger partial charge in [0.1, 0.15) is 0 Å². The lowest BCUT2D eigenvalue weighted by molar-refractivity contribution is -0.0157. The second-order valence-electron chi connectivity index (χ2n) is 4.33. The fraction of sp³-hybridized carbons (Fsp3) is 0.500. The summed E-state index contributed by atoms with van der Waals surface area (Å²) in [6.07, 6.45) is 7.45. The third kappa shape index (κ3) is 3.34. The molecule has 0 amide bonds. The van der Waals surface area contributed by atoms with E-state index in [1.807, 2.05) is 32.1 Å². The maximum absolute atomic E-state index is 9.18. The van der Waals surface area contributed by atoms with Gasteiger partial charge in [0.05, 0.1) is 6.61 Å². The second kappa shape index (κ2) is 6.04. The molecule has 0 aliphatic carbocycles. The fourth-order valence-electron chi connectivity index (χ4n) is 1.47. The average Bonchev–Trinajstić information content (AvgIpc) is 2.30. The van der Waals surface area contributed by atoms with Crippen LogP contribution in [0.2, 0.25) is 0 Å². The van der Waals surface area contributed by atoms with Gasteiger partial charge in [-0.25, -0.2) is 0 Å². The summed E-state index contributed by atoms with van der Waals surface area (Å²) in [6, 6.07) is 0. The summed E-state index contributed by atoms with van der Waals surface area (Å²) in [6.45, 7) is 8.62. The SMILES string of the molecule is C=C/C=C(\C=C/C)B1OCC(C)(CO)CO1. The van der Waals surface area contributed by atoms with Crippen molar-refractivity contribution < 1.29 is 14.4 Å². The Hall–Kier alpha value is -0.835. The van der Waals surface area contributed by atoms with Crippen molar-refractivity contribution in [3.05, 3.63) is 36.4 Å². The van der Waals surface area contributed by atoms with Crippen molar-refractivity contribution in [1.82, 2.24) is 0 Å². The van der Waals surface area contributed by atoms with Gasteiger partial charge < -0.3 is 14.4 Å². The predicted molar refractivity (Wildman–Crippen MR) is 65.9 cm³/mol. The first-order chi connectivity index (χ1) is 7.65. The van der Waals surface area contributed by atoms with Crippen LogP contribution in [0.25, 0.3) is 0 Å². The molecule has 0 aromatic heterocycles. The van der Waals surface area contributed by atoms with Crippen LogP contribution in [-0.2, 0) is 9.31 Å². The van der Waals surface area contributed by atoms with Gasteiger partial charge in [0.2, 0.25) is 0 Å². The zero-order chi connectivity index (χ0) is 12.0. The van der Waals surface area contributed by atoms with Gasteiger partial charge in [-0.05, 0) is 12.4 Å². The minimum Gasteiger partial charge on any atom is -0.407 e. The van der Waals surface area contributed by atoms with Gasteiger partial charge in [-0.3, -0.25) is 0 Å². The molecule has 1 heterocycles. The Bertz CT molecular complexity index is 289. The number of aliphatic hydroxyl groups is 1. The molecule has 0 aromatic carbocycles. The van der Waals surface area contributed by atoms with E-state index in [4.69, 9.17) is 9.31 Å². The first kappa shape index (κ1) is 13.2. The molecule has 1 aliphatic heterocycles. The number of rotatable bonds is 4. The molecule has 0 bridgehead atoms. The summed E-state index contributed by atoms with van der Waals surface area (Å²) in [5.41, 5.74) is 0.656. The molecule has 1 saturated heterocycles. The lowest BCUT2D eigenvalue weighted by Gasteiger charge is -2.34. The van der Waals surface area contributed by atoms with Crippen LogP contribution in [0.5, 0.6) is 0 Å². The third-order valence-corrected chi connectivity index (χ3v) is 2.49. The maximum Gasteiger partial charge on any atom is 0.493 e. The Morgan fingerprint density at radius 3 is 2.56 bits per heavy atom. The minimum atomic E-state index is -0.353. The summed E-state index contributed by atoms with van der Waals surface area (Å²) in [7, 11) is -0.353. The van der Waals surface area contributed by atoms with Crippen LogP contribution in [0.15, 0.2) is 36.4 Å². The van der Waals surface area contributed by atoms with Crippen molar-refractivity contribution in [2.45, 2.75) is 13.8 Å². The minimum absolute atomic E-state index is 0.0733. The summed E-state index contributed by atoms with van der Waals surface area (Å²) in [5, 5.41) is 9.18. The summed E-state index contributed by atoms with van der Waals surface area (Å²) >= 11 is 0. The van der Waals surface area contributed by atoms with Crippen molar-refractivity contribution in [3.63, 3.8) is 0 Å². The van der Waals surface area contributed by atoms with Gasteiger partial charge in [0, 0.05) is 18.6 Å². The lowest BCUT2D eigenvalue weighted by atomic mass is 9.74. The Balaban J connectivity index is 2.64. The largest absolute Gasteiger partial charge is 0.493 e. The van der Waals surface area contributed by atoms with Gasteiger partial charge in [0.15, 0.2) is 0 Å². The van der Waals surface area contributed by atoms with Crippen molar-refractivity contribution in [2.75, 3.05) is 19.8 Å². The average molecular weight is 222 g/mol. The van der Waals surface area contributed by atoms with E-state index in [0.717, 1.165) is 5.47 Å². The molecule has 1 fully saturated rings. The second-order valence-corrected chi connectivity index (χ2v) is 4.33. The predicted octanol–water partition coefficient (Wildman–Crippen LogP) is 1.75. The van der Waals surface area contributed by atoms with E-state index in [0.29, 0.717) is 13.2 Å². The topological polar surface area (TPSA) is 38.7 Å². The Kier molecular flexibility index (Phi) is 4.99. The zero-order valence-corrected chi connectivity index (χ0v) is 9.98. The molecule has 4 heteroatoms. The van der Waals surface area contributed by atoms with Gasteiger partial charge >= 0.3 is 7.12 Å². The molecule has 3 nitrogen and oxygen atoms in total. The molecule has 1 N–H and O–H groups in total. The van der Waals surface area contributed by atoms with Crippen LogP contribution in [0.3, 0.4) is 0 Å². The Morgan fingerprint density at radius 1 is 1.50 bits per heavy atom. The molecule has 88 valence electrons. The highest BCUT2D eigenvalue weighted by Crippen LogP contribution is 2.24. The first-order valence-corrected chi connectivity index (χ1v) is 5.44. The molecule has 0 aromatic rings. The molecule has 0 unspecified atom stereocenters. The van der Waals surface area contributed by atoms with E-state index in [1.54, 1.807) is 6.08 Å². The smallest absolute Gasteiger partial charge is 0.407 e. The normalized spacial score (nSPS) is 21.4. The number of hydrogen-bond acceptors (Lipinski definition) is 3. The maximum atomic E-state index is 9.18. The van der Waals surface area contributed by atoms with E-state index in [-0.39, 0.29) is 19.1 Å². The van der Waals surface area contributed by atoms with E-state index in [9.17, 15) is 5.11 Å². The molecule has 1 rings (SSSR count). The van der Waals surface area contributed by atoms with Crippen molar-refractivity contribution >= 4 is 7.12 Å². The van der Waals surface area contributed by atoms with Crippen LogP contribution in [0.1, 0.15) is 13.8 Å². The highest BCUT2D eigenvalue weighted by Gasteiger charge is 2.36. The summed E-state index contributed by atoms with van der Waals surface area (Å²) in [5.74, 6) is 0. The molecular weight excluding hydrogens is 203 g/mol. The molecule has 0 atom stereocenters. The molecule has 0 saturated carbocycles. The zero-order valence-electron chi connectivity index (χ0n) is 9.98. The van der Waals surface area contributed by atoms with E-state index >= 15 is 0 Å². The van der Waals surface area contributed by atoms with Gasteiger partial charge in [-0.2, -0.15) is 0 Å². The number of allylic oxidation sites excluding steroid dienone is 5. The first-order valence-electron chi connectivity index (χ1n) is 5.44. The van der Waals surface area contributed by atoms with E-state index in [1.165, 1.54) is 0 Å². The number of hydrogen-bond donors (Lipinski definition) is 1. The molecule has 1 aliphatic rings. The van der Waals surface area contributed by atoms with Crippen molar-refractivity contribution in [1.29, 1.82) is 0 Å². The highest BCUT2D eigenvalue weighted by molar-refractivity contribution is 6.55. The van der Waals surface area contributed by atoms with Crippen LogP contribution >= 0.6 is 0 Å². The molecule has 0 spiro atoms. The molecule has 16 heavy (non-hydrogen) atoms. The molecular formula is C12H19BO3. The van der Waals surface area contributed by atoms with Crippen molar-refractivity contribution in [2.24, 2.45) is 5.41 Å². The van der Waals surface area contributed by atoms with Crippen LogP contribution in [0, 0.1) is 5.41 Å². The van der Waals surface area contributed by atoms with Gasteiger partial charge in [-0.1, -0.05) is 37.8 Å². The van der Waals surface area contributed by atoms with Crippen LogP contribution in [0.4, 0.5) is 0 Å². The quantitative estimate of drug-likeness (QED) is 0.581. The molecule has 0 radical (unpaired) electrons. The van der Waals surface area contributed by atoms with Gasteiger partial charge in [0.25, 0.3) is 0 Å². The van der Waals surface area contributed by atoms with E-state index in [2.05, 4.69) is 6.58 Å². The highest BCUT2D eigenvalue weighted by atomic mass is 16.6. The Morgan fingerprint density at radius 2 is 2.12 bits per heavy atom. The van der Waals surface area contributed by atoms with Crippen LogP contribution in [-0.4, -0.2) is 32.0 Å². The monoisotopic (exact) mass is 222 g/mol. The Labute approximate surface area is 97.6 Å². The standard InChI is InChI=1S/C12H19BO3/c1-4-6-11(7-5-2)13-15-9-12(3,8-14)10-16-13/h4-7,14H,1,8-10H2,2-3H3/b7-5-,11-6+. The third-order valence-electron chi connectivity index (χ3n) is 2.49. The summed E-state index contributed by atoms with van der Waals surface area (Å²) < 4.78 is 11.2. The lowest BCUT2D eigenvalue weighted by Crippen LogP contribution is -2.45. The van der Waals surface area contributed by atoms with Gasteiger partial charge in [-0.15, -0.1) is 0 Å². The fourth-order valence-corrected chi connectivity index (χ4v) is 1.47. The number of aliphatic hydroxyl groups excluding tert-OH is 1. The van der Waals surface area contributed by atoms with E-state index < -0.39 is 0 Å². The summed E-state index contributed by atoms with van der Waals surface area (Å²) in [4.78, 5) is 0.